The van der Waals surface area contributed by atoms with Gasteiger partial charge in [-0.2, -0.15) is 0 Å². The number of thiazole rings is 1. The summed E-state index contributed by atoms with van der Waals surface area (Å²) in [4.78, 5) is 20.4. The fourth-order valence-electron chi connectivity index (χ4n) is 1.79. The minimum absolute atomic E-state index is 0.159. The van der Waals surface area contributed by atoms with E-state index in [4.69, 9.17) is 0 Å². The van der Waals surface area contributed by atoms with Gasteiger partial charge in [0, 0.05) is 11.8 Å². The topological polar surface area (TPSA) is 54.9 Å². The van der Waals surface area contributed by atoms with E-state index in [-0.39, 0.29) is 5.91 Å². The third kappa shape index (κ3) is 2.46. The molecule has 0 saturated heterocycles. The van der Waals surface area contributed by atoms with Gasteiger partial charge in [0.2, 0.25) is 0 Å². The van der Waals surface area contributed by atoms with Crippen LogP contribution in [0.3, 0.4) is 0 Å². The first-order chi connectivity index (χ1) is 9.22. The third-order valence-corrected chi connectivity index (χ3v) is 3.54. The number of amides is 1. The largest absolute Gasteiger partial charge is 0.307 e. The lowest BCUT2D eigenvalue weighted by atomic mass is 10.2. The minimum atomic E-state index is -0.159. The van der Waals surface area contributed by atoms with Gasteiger partial charge in [0.1, 0.15) is 5.82 Å². The smallest absolute Gasteiger partial charge is 0.256 e. The van der Waals surface area contributed by atoms with Crippen LogP contribution in [-0.2, 0) is 0 Å². The van der Waals surface area contributed by atoms with Crippen LogP contribution >= 0.6 is 11.3 Å². The molecular formula is C14H11N3OS. The van der Waals surface area contributed by atoms with Crippen LogP contribution < -0.4 is 5.32 Å². The number of rotatable bonds is 2. The van der Waals surface area contributed by atoms with Crippen LogP contribution in [0.15, 0.2) is 42.0 Å². The lowest BCUT2D eigenvalue weighted by Crippen LogP contribution is -2.12. The van der Waals surface area contributed by atoms with Crippen molar-refractivity contribution in [1.82, 2.24) is 9.97 Å². The number of nitrogens with one attached hydrogen (secondary N) is 1. The quantitative estimate of drug-likeness (QED) is 0.777. The van der Waals surface area contributed by atoms with Crippen LogP contribution in [0.4, 0.5) is 5.82 Å². The van der Waals surface area contributed by atoms with E-state index in [0.717, 1.165) is 15.8 Å². The molecule has 0 spiro atoms. The Morgan fingerprint density at radius 3 is 2.95 bits per heavy atom. The van der Waals surface area contributed by atoms with E-state index in [1.165, 1.54) is 11.3 Å². The molecule has 1 aromatic carbocycles. The van der Waals surface area contributed by atoms with E-state index in [1.54, 1.807) is 17.8 Å². The molecule has 0 radical (unpaired) electrons. The van der Waals surface area contributed by atoms with Crippen LogP contribution in [-0.4, -0.2) is 15.9 Å². The van der Waals surface area contributed by atoms with Crippen molar-refractivity contribution in [3.63, 3.8) is 0 Å². The lowest BCUT2D eigenvalue weighted by Gasteiger charge is -2.05. The summed E-state index contributed by atoms with van der Waals surface area (Å²) in [6.07, 6.45) is 1.68. The number of aryl methyl sites for hydroxylation is 1. The van der Waals surface area contributed by atoms with Crippen LogP contribution in [0, 0.1) is 6.92 Å². The molecule has 0 aliphatic rings. The summed E-state index contributed by atoms with van der Waals surface area (Å²) < 4.78 is 1.00. The van der Waals surface area contributed by atoms with E-state index >= 15 is 0 Å². The molecule has 2 aromatic heterocycles. The SMILES string of the molecule is Cc1ccnc(NC(=O)c2ccc3ncsc3c2)c1. The predicted molar refractivity (Wildman–Crippen MR) is 76.5 cm³/mol. The summed E-state index contributed by atoms with van der Waals surface area (Å²) >= 11 is 1.52. The Morgan fingerprint density at radius 2 is 2.11 bits per heavy atom. The highest BCUT2D eigenvalue weighted by molar-refractivity contribution is 7.16. The van der Waals surface area contributed by atoms with E-state index in [1.807, 2.05) is 31.2 Å². The molecule has 0 saturated carbocycles. The molecule has 19 heavy (non-hydrogen) atoms. The highest BCUT2D eigenvalue weighted by Gasteiger charge is 2.08. The molecule has 94 valence electrons. The zero-order valence-electron chi connectivity index (χ0n) is 10.3. The Labute approximate surface area is 114 Å². The number of anilines is 1. The van der Waals surface area contributed by atoms with Gasteiger partial charge in [-0.1, -0.05) is 0 Å². The zero-order chi connectivity index (χ0) is 13.2. The molecule has 3 aromatic rings. The number of benzene rings is 1. The van der Waals surface area contributed by atoms with Crippen LogP contribution in [0.2, 0.25) is 0 Å². The number of nitrogens with zero attached hydrogens (tertiary/aromatic N) is 2. The minimum Gasteiger partial charge on any atom is -0.307 e. The molecule has 0 atom stereocenters. The van der Waals surface area contributed by atoms with Gasteiger partial charge in [0.05, 0.1) is 15.7 Å². The van der Waals surface area contributed by atoms with Gasteiger partial charge in [-0.25, -0.2) is 9.97 Å². The lowest BCUT2D eigenvalue weighted by molar-refractivity contribution is 0.102. The van der Waals surface area contributed by atoms with Crippen LogP contribution in [0.5, 0.6) is 0 Å². The molecule has 0 bridgehead atoms. The van der Waals surface area contributed by atoms with Crippen molar-refractivity contribution < 1.29 is 4.79 Å². The van der Waals surface area contributed by atoms with Crippen LogP contribution in [0.1, 0.15) is 15.9 Å². The molecule has 5 heteroatoms. The van der Waals surface area contributed by atoms with E-state index < -0.39 is 0 Å². The number of hydrogen-bond acceptors (Lipinski definition) is 4. The molecule has 2 heterocycles. The Balaban J connectivity index is 1.87. The molecular weight excluding hydrogens is 258 g/mol. The summed E-state index contributed by atoms with van der Waals surface area (Å²) in [5.74, 6) is 0.405. The zero-order valence-corrected chi connectivity index (χ0v) is 11.1. The fraction of sp³-hybridized carbons (Fsp3) is 0.0714. The first-order valence-corrected chi connectivity index (χ1v) is 6.67. The van der Waals surface area contributed by atoms with Crippen molar-refractivity contribution in [2.24, 2.45) is 0 Å². The summed E-state index contributed by atoms with van der Waals surface area (Å²) in [5.41, 5.74) is 4.35. The van der Waals surface area contributed by atoms with Gasteiger partial charge in [0.25, 0.3) is 5.91 Å². The number of aromatic nitrogens is 2. The molecule has 0 fully saturated rings. The van der Waals surface area contributed by atoms with E-state index in [2.05, 4.69) is 15.3 Å². The van der Waals surface area contributed by atoms with Crippen molar-refractivity contribution in [1.29, 1.82) is 0 Å². The van der Waals surface area contributed by atoms with Crippen molar-refractivity contribution in [2.75, 3.05) is 5.32 Å². The highest BCUT2D eigenvalue weighted by atomic mass is 32.1. The van der Waals surface area contributed by atoms with Gasteiger partial charge < -0.3 is 5.32 Å². The number of fused-ring (bicyclic) bond motifs is 1. The maximum absolute atomic E-state index is 12.1. The summed E-state index contributed by atoms with van der Waals surface area (Å²) in [7, 11) is 0. The van der Waals surface area contributed by atoms with Gasteiger partial charge in [-0.15, -0.1) is 11.3 Å². The average Bonchev–Trinajstić information content (AvgIpc) is 2.85. The number of carbonyl (C=O) groups excluding carboxylic acids is 1. The highest BCUT2D eigenvalue weighted by Crippen LogP contribution is 2.19. The van der Waals surface area contributed by atoms with Gasteiger partial charge in [-0.3, -0.25) is 4.79 Å². The van der Waals surface area contributed by atoms with Gasteiger partial charge in [0.15, 0.2) is 0 Å². The van der Waals surface area contributed by atoms with Crippen LogP contribution in [0.25, 0.3) is 10.2 Å². The third-order valence-electron chi connectivity index (χ3n) is 2.75. The number of hydrogen-bond donors (Lipinski definition) is 1. The van der Waals surface area contributed by atoms with Gasteiger partial charge in [-0.05, 0) is 42.8 Å². The normalized spacial score (nSPS) is 10.6. The number of carbonyl (C=O) groups is 1. The summed E-state index contributed by atoms with van der Waals surface area (Å²) in [5, 5.41) is 2.79. The maximum Gasteiger partial charge on any atom is 0.256 e. The molecule has 0 aliphatic heterocycles. The van der Waals surface area contributed by atoms with Crippen molar-refractivity contribution in [2.45, 2.75) is 6.92 Å². The second kappa shape index (κ2) is 4.78. The summed E-state index contributed by atoms with van der Waals surface area (Å²) in [6, 6.07) is 9.19. The fourth-order valence-corrected chi connectivity index (χ4v) is 2.51. The first-order valence-electron chi connectivity index (χ1n) is 5.79. The second-order valence-corrected chi connectivity index (χ2v) is 5.09. The standard InChI is InChI=1S/C14H11N3OS/c1-9-4-5-15-13(6-9)17-14(18)10-2-3-11-12(7-10)19-8-16-11/h2-8H,1H3,(H,15,17,18). The van der Waals surface area contributed by atoms with Gasteiger partial charge >= 0.3 is 0 Å². The molecule has 0 aliphatic carbocycles. The molecule has 1 N–H and O–H groups in total. The van der Waals surface area contributed by atoms with E-state index in [9.17, 15) is 4.79 Å². The Hall–Kier alpha value is -2.27. The average molecular weight is 269 g/mol. The second-order valence-electron chi connectivity index (χ2n) is 4.21. The van der Waals surface area contributed by atoms with E-state index in [0.29, 0.717) is 11.4 Å². The molecule has 1 amide bonds. The molecule has 3 rings (SSSR count). The van der Waals surface area contributed by atoms with Crippen molar-refractivity contribution in [3.05, 3.63) is 53.2 Å². The molecule has 4 nitrogen and oxygen atoms in total. The van der Waals surface area contributed by atoms with Crippen molar-refractivity contribution >= 4 is 33.3 Å². The number of pyridine rings is 1. The maximum atomic E-state index is 12.1. The first kappa shape index (κ1) is 11.8. The summed E-state index contributed by atoms with van der Waals surface area (Å²) in [6.45, 7) is 1.96. The Kier molecular flexibility index (Phi) is 2.97. The predicted octanol–water partition coefficient (Wildman–Crippen LogP) is 3.25. The Bertz CT molecular complexity index is 751. The van der Waals surface area contributed by atoms with Crippen molar-refractivity contribution in [3.8, 4) is 0 Å². The molecule has 0 unspecified atom stereocenters. The Morgan fingerprint density at radius 1 is 1.21 bits per heavy atom. The monoisotopic (exact) mass is 269 g/mol.